The van der Waals surface area contributed by atoms with Gasteiger partial charge >= 0.3 is 0 Å². The summed E-state index contributed by atoms with van der Waals surface area (Å²) in [5, 5.41) is 37.6. The number of aliphatic hydroxyl groups is 2. The molecule has 2 saturated heterocycles. The number of amides is 2. The number of carbonyl (C=O) groups excluding carboxylic acids is 2. The number of likely N-dealkylation sites (tertiary alicyclic amines) is 2. The van der Waals surface area contributed by atoms with Crippen LogP contribution < -0.4 is 5.32 Å². The van der Waals surface area contributed by atoms with Gasteiger partial charge < -0.3 is 20.4 Å². The maximum absolute atomic E-state index is 14.1. The molecule has 1 saturated carbocycles. The standard InChI is InChI=1S/C27H42N8O4/c1-14-22(15(2)33(7)30-14)23-18(11-21(37)32(23)6)28-25(38)20-10-17(36)12-34(20)26(39)24(27(3,4)5)35-13-19(29-31-35)16-8-9-16/h13,16-18,20-21,23-24,36-37H,8-12H2,1-7H3,(H,28,38)/t17-,18+,20+,21?,23+,24-/m1/s1. The SMILES string of the molecule is Cc1nn(C)c(C)c1[C@@H]1[C@@H](NC(=O)[C@@H]2C[C@@H](O)CN2C(=O)[C@@H](n2cc(C3CC3)nn2)C(C)(C)C)CC(O)N1C. The first-order valence-electron chi connectivity index (χ1n) is 13.9. The maximum Gasteiger partial charge on any atom is 0.248 e. The van der Waals surface area contributed by atoms with E-state index in [0.717, 1.165) is 35.5 Å². The van der Waals surface area contributed by atoms with Crippen LogP contribution in [0.3, 0.4) is 0 Å². The van der Waals surface area contributed by atoms with Crippen molar-refractivity contribution in [1.82, 2.24) is 39.9 Å². The van der Waals surface area contributed by atoms with E-state index in [2.05, 4.69) is 20.7 Å². The van der Waals surface area contributed by atoms with E-state index in [1.807, 2.05) is 59.8 Å². The van der Waals surface area contributed by atoms with Crippen molar-refractivity contribution in [2.24, 2.45) is 12.5 Å². The molecule has 5 rings (SSSR count). The van der Waals surface area contributed by atoms with Gasteiger partial charge in [0.15, 0.2) is 0 Å². The van der Waals surface area contributed by atoms with Gasteiger partial charge in [0.2, 0.25) is 11.8 Å². The number of aryl methyl sites for hydroxylation is 2. The van der Waals surface area contributed by atoms with Gasteiger partial charge in [-0.05, 0) is 39.2 Å². The molecule has 3 N–H and O–H groups in total. The molecule has 2 aromatic rings. The molecule has 6 atom stereocenters. The average molecular weight is 543 g/mol. The lowest BCUT2D eigenvalue weighted by Gasteiger charge is -2.35. The van der Waals surface area contributed by atoms with Crippen molar-refractivity contribution < 1.29 is 19.8 Å². The Kier molecular flexibility index (Phi) is 7.09. The summed E-state index contributed by atoms with van der Waals surface area (Å²) in [6, 6.07) is -2.16. The van der Waals surface area contributed by atoms with Crippen LogP contribution in [0.4, 0.5) is 0 Å². The highest BCUT2D eigenvalue weighted by molar-refractivity contribution is 5.90. The number of carbonyl (C=O) groups is 2. The van der Waals surface area contributed by atoms with Crippen molar-refractivity contribution in [3.8, 4) is 0 Å². The average Bonchev–Trinajstić information content (AvgIpc) is 3.24. The fraction of sp³-hybridized carbons (Fsp3) is 0.741. The molecule has 0 bridgehead atoms. The Bertz CT molecular complexity index is 1240. The number of hydrogen-bond donors (Lipinski definition) is 3. The molecule has 0 radical (unpaired) electrons. The van der Waals surface area contributed by atoms with Crippen molar-refractivity contribution in [3.05, 3.63) is 28.8 Å². The molecule has 0 aromatic carbocycles. The molecule has 1 aliphatic carbocycles. The van der Waals surface area contributed by atoms with E-state index < -0.39 is 29.8 Å². The van der Waals surface area contributed by atoms with Crippen molar-refractivity contribution in [1.29, 1.82) is 0 Å². The molecule has 12 nitrogen and oxygen atoms in total. The lowest BCUT2D eigenvalue weighted by Crippen LogP contribution is -2.52. The monoisotopic (exact) mass is 542 g/mol. The zero-order valence-electron chi connectivity index (χ0n) is 24.0. The number of nitrogens with zero attached hydrogens (tertiary/aromatic N) is 7. The molecule has 2 aromatic heterocycles. The van der Waals surface area contributed by atoms with Crippen LogP contribution in [0, 0.1) is 19.3 Å². The fourth-order valence-corrected chi connectivity index (χ4v) is 6.36. The zero-order chi connectivity index (χ0) is 28.4. The number of aliphatic hydroxyl groups excluding tert-OH is 2. The third kappa shape index (κ3) is 5.09. The Labute approximate surface area is 229 Å². The van der Waals surface area contributed by atoms with Gasteiger partial charge in [-0.25, -0.2) is 4.68 Å². The second-order valence-electron chi connectivity index (χ2n) is 12.7. The van der Waals surface area contributed by atoms with Crippen LogP contribution in [-0.4, -0.2) is 94.6 Å². The quantitative estimate of drug-likeness (QED) is 0.490. The highest BCUT2D eigenvalue weighted by Gasteiger charge is 2.48. The first kappa shape index (κ1) is 27.7. The van der Waals surface area contributed by atoms with E-state index in [4.69, 9.17) is 0 Å². The summed E-state index contributed by atoms with van der Waals surface area (Å²) in [6.07, 6.45) is 2.97. The molecule has 12 heteroatoms. The van der Waals surface area contributed by atoms with Gasteiger partial charge in [-0.1, -0.05) is 26.0 Å². The van der Waals surface area contributed by atoms with E-state index in [0.29, 0.717) is 12.3 Å². The summed E-state index contributed by atoms with van der Waals surface area (Å²) in [4.78, 5) is 31.2. The van der Waals surface area contributed by atoms with Gasteiger partial charge in [-0.2, -0.15) is 5.10 Å². The third-order valence-electron chi connectivity index (χ3n) is 8.65. The minimum atomic E-state index is -0.830. The molecule has 2 amide bonds. The van der Waals surface area contributed by atoms with Gasteiger partial charge in [0.1, 0.15) is 18.3 Å². The van der Waals surface area contributed by atoms with E-state index in [1.165, 1.54) is 4.90 Å². The largest absolute Gasteiger partial charge is 0.391 e. The van der Waals surface area contributed by atoms with Crippen molar-refractivity contribution in [2.75, 3.05) is 13.6 Å². The van der Waals surface area contributed by atoms with Crippen LogP contribution in [0.5, 0.6) is 0 Å². The highest BCUT2D eigenvalue weighted by atomic mass is 16.3. The van der Waals surface area contributed by atoms with Crippen LogP contribution >= 0.6 is 0 Å². The van der Waals surface area contributed by atoms with Gasteiger partial charge in [-0.3, -0.25) is 19.2 Å². The normalized spacial score (nSPS) is 28.7. The predicted molar refractivity (Wildman–Crippen MR) is 142 cm³/mol. The summed E-state index contributed by atoms with van der Waals surface area (Å²) in [5.74, 6) is -0.187. The van der Waals surface area contributed by atoms with E-state index in [9.17, 15) is 19.8 Å². The topological polar surface area (TPSA) is 142 Å². The Morgan fingerprint density at radius 2 is 1.82 bits per heavy atom. The smallest absolute Gasteiger partial charge is 0.248 e. The summed E-state index contributed by atoms with van der Waals surface area (Å²) in [5.41, 5.74) is 3.19. The van der Waals surface area contributed by atoms with Crippen LogP contribution in [0.25, 0.3) is 0 Å². The first-order valence-corrected chi connectivity index (χ1v) is 13.9. The van der Waals surface area contributed by atoms with Crippen LogP contribution in [-0.2, 0) is 16.6 Å². The Morgan fingerprint density at radius 1 is 1.13 bits per heavy atom. The Balaban J connectivity index is 1.39. The number of likely N-dealkylation sites (N-methyl/N-ethyl adjacent to an activating group) is 1. The molecule has 3 aliphatic rings. The van der Waals surface area contributed by atoms with E-state index in [1.54, 1.807) is 9.36 Å². The maximum atomic E-state index is 14.1. The molecule has 3 fully saturated rings. The fourth-order valence-electron chi connectivity index (χ4n) is 6.36. The lowest BCUT2D eigenvalue weighted by molar-refractivity contribution is -0.144. The van der Waals surface area contributed by atoms with Crippen molar-refractivity contribution in [3.63, 3.8) is 0 Å². The molecule has 4 heterocycles. The Morgan fingerprint density at radius 3 is 2.41 bits per heavy atom. The van der Waals surface area contributed by atoms with Crippen LogP contribution in [0.2, 0.25) is 0 Å². The number of aromatic nitrogens is 5. The van der Waals surface area contributed by atoms with Crippen LogP contribution in [0.1, 0.15) is 87.1 Å². The van der Waals surface area contributed by atoms with Gasteiger partial charge in [-0.15, -0.1) is 5.10 Å². The van der Waals surface area contributed by atoms with Gasteiger partial charge in [0.05, 0.1) is 29.6 Å². The summed E-state index contributed by atoms with van der Waals surface area (Å²) < 4.78 is 3.43. The third-order valence-corrected chi connectivity index (χ3v) is 8.65. The summed E-state index contributed by atoms with van der Waals surface area (Å²) >= 11 is 0. The van der Waals surface area contributed by atoms with Gasteiger partial charge in [0.25, 0.3) is 0 Å². The molecule has 39 heavy (non-hydrogen) atoms. The molecular weight excluding hydrogens is 500 g/mol. The van der Waals surface area contributed by atoms with Crippen molar-refractivity contribution >= 4 is 11.8 Å². The van der Waals surface area contributed by atoms with E-state index >= 15 is 0 Å². The number of hydrogen-bond acceptors (Lipinski definition) is 8. The minimum absolute atomic E-state index is 0.0745. The van der Waals surface area contributed by atoms with Gasteiger partial charge in [0, 0.05) is 49.8 Å². The Hall–Kier alpha value is -2.83. The molecular formula is C27H42N8O4. The van der Waals surface area contributed by atoms with E-state index in [-0.39, 0.29) is 36.9 Å². The lowest BCUT2D eigenvalue weighted by atomic mass is 9.85. The number of nitrogens with one attached hydrogen (secondary N) is 1. The summed E-state index contributed by atoms with van der Waals surface area (Å²) in [6.45, 7) is 9.88. The molecule has 1 unspecified atom stereocenters. The number of β-amino-alcohol motifs (C(OH)–C–C–N with tert-alkyl or cyclic N) is 1. The molecule has 214 valence electrons. The molecule has 2 aliphatic heterocycles. The van der Waals surface area contributed by atoms with Crippen molar-refractivity contribution in [2.45, 2.75) is 103 Å². The second kappa shape index (κ2) is 9.97. The number of rotatable bonds is 6. The minimum Gasteiger partial charge on any atom is -0.391 e. The zero-order valence-corrected chi connectivity index (χ0v) is 24.0. The second-order valence-corrected chi connectivity index (χ2v) is 12.7. The van der Waals surface area contributed by atoms with Crippen LogP contribution in [0.15, 0.2) is 6.20 Å². The predicted octanol–water partition coefficient (Wildman–Crippen LogP) is 0.935. The summed E-state index contributed by atoms with van der Waals surface area (Å²) in [7, 11) is 3.72. The molecule has 0 spiro atoms. The first-order chi connectivity index (χ1) is 18.3. The highest BCUT2D eigenvalue weighted by Crippen LogP contribution is 2.41.